The topological polar surface area (TPSA) is 0 Å². The van der Waals surface area contributed by atoms with Crippen molar-refractivity contribution in [1.29, 1.82) is 0 Å². The van der Waals surface area contributed by atoms with Gasteiger partial charge < -0.3 is 0 Å². The van der Waals surface area contributed by atoms with E-state index >= 15 is 0 Å². The maximum absolute atomic E-state index is 2.32. The van der Waals surface area contributed by atoms with Crippen LogP contribution in [-0.2, 0) is 12.8 Å². The van der Waals surface area contributed by atoms with Crippen LogP contribution in [0.1, 0.15) is 25.0 Å². The van der Waals surface area contributed by atoms with Gasteiger partial charge in [-0.15, -0.1) is 0 Å². The standard InChI is InChI=1S/C16H20B2/c1-3-11-5-6-14(18)10-16(11)15-8-7-13(17)9-12(15)4-2/h5-10H,3-4,17-18H2,1-2H3. The second kappa shape index (κ2) is 5.48. The molecule has 2 heteroatoms. The highest BCUT2D eigenvalue weighted by Crippen LogP contribution is 2.26. The first kappa shape index (κ1) is 13.0. The van der Waals surface area contributed by atoms with Crippen LogP contribution in [0.3, 0.4) is 0 Å². The maximum atomic E-state index is 2.32. The molecule has 0 aromatic heterocycles. The first-order chi connectivity index (χ1) is 8.65. The van der Waals surface area contributed by atoms with Gasteiger partial charge in [0.15, 0.2) is 0 Å². The van der Waals surface area contributed by atoms with E-state index in [1.54, 1.807) is 0 Å². The van der Waals surface area contributed by atoms with E-state index in [1.165, 1.54) is 33.2 Å². The maximum Gasteiger partial charge on any atom is 0.139 e. The molecule has 0 saturated carbocycles. The van der Waals surface area contributed by atoms with E-state index in [2.05, 4.69) is 65.9 Å². The molecule has 0 aliphatic rings. The van der Waals surface area contributed by atoms with Crippen molar-refractivity contribution < 1.29 is 0 Å². The summed E-state index contributed by atoms with van der Waals surface area (Å²) in [7, 11) is 4.34. The predicted molar refractivity (Wildman–Crippen MR) is 87.0 cm³/mol. The molecular formula is C16H20B2. The van der Waals surface area contributed by atoms with Gasteiger partial charge >= 0.3 is 0 Å². The third kappa shape index (κ3) is 2.53. The first-order valence-electron chi connectivity index (χ1n) is 6.85. The normalized spacial score (nSPS) is 10.6. The van der Waals surface area contributed by atoms with Gasteiger partial charge in [0, 0.05) is 0 Å². The Balaban J connectivity index is 2.64. The lowest BCUT2D eigenvalue weighted by atomic mass is 9.84. The van der Waals surface area contributed by atoms with Gasteiger partial charge in [-0.3, -0.25) is 0 Å². The van der Waals surface area contributed by atoms with Crippen LogP contribution in [0, 0.1) is 0 Å². The zero-order valence-corrected chi connectivity index (χ0v) is 11.9. The largest absolute Gasteiger partial charge is 0.139 e. The molecule has 90 valence electrons. The lowest BCUT2D eigenvalue weighted by Gasteiger charge is -2.14. The molecule has 2 aromatic rings. The Morgan fingerprint density at radius 1 is 0.722 bits per heavy atom. The Kier molecular flexibility index (Phi) is 3.96. The van der Waals surface area contributed by atoms with Crippen molar-refractivity contribution in [1.82, 2.24) is 0 Å². The monoisotopic (exact) mass is 234 g/mol. The van der Waals surface area contributed by atoms with Crippen molar-refractivity contribution in [2.75, 3.05) is 0 Å². The third-order valence-corrected chi connectivity index (χ3v) is 3.58. The van der Waals surface area contributed by atoms with Crippen LogP contribution in [0.4, 0.5) is 0 Å². The highest BCUT2D eigenvalue weighted by atomic mass is 14.1. The quantitative estimate of drug-likeness (QED) is 0.695. The van der Waals surface area contributed by atoms with Crippen LogP contribution in [0.25, 0.3) is 11.1 Å². The minimum absolute atomic E-state index is 1.09. The lowest BCUT2D eigenvalue weighted by Crippen LogP contribution is -2.07. The predicted octanol–water partition coefficient (Wildman–Crippen LogP) is 0.995. The molecule has 18 heavy (non-hydrogen) atoms. The third-order valence-electron chi connectivity index (χ3n) is 3.58. The SMILES string of the molecule is Bc1ccc(-c2cc(B)ccc2CC)c(CC)c1. The number of hydrogen-bond donors (Lipinski definition) is 0. The van der Waals surface area contributed by atoms with E-state index in [9.17, 15) is 0 Å². The van der Waals surface area contributed by atoms with E-state index in [-0.39, 0.29) is 0 Å². The van der Waals surface area contributed by atoms with Crippen LogP contribution in [0.2, 0.25) is 0 Å². The fourth-order valence-electron chi connectivity index (χ4n) is 2.53. The molecule has 0 heterocycles. The minimum atomic E-state index is 1.09. The zero-order chi connectivity index (χ0) is 13.1. The molecule has 0 aliphatic heterocycles. The van der Waals surface area contributed by atoms with Crippen molar-refractivity contribution in [3.8, 4) is 11.1 Å². The number of aryl methyl sites for hydroxylation is 2. The van der Waals surface area contributed by atoms with Crippen molar-refractivity contribution in [2.24, 2.45) is 0 Å². The molecule has 2 aromatic carbocycles. The molecule has 0 aliphatic carbocycles. The van der Waals surface area contributed by atoms with E-state index in [1.807, 2.05) is 0 Å². The summed E-state index contributed by atoms with van der Waals surface area (Å²) in [6.45, 7) is 4.47. The average Bonchev–Trinajstić information content (AvgIpc) is 2.38. The van der Waals surface area contributed by atoms with Gasteiger partial charge in [-0.05, 0) is 35.1 Å². The van der Waals surface area contributed by atoms with Crippen LogP contribution < -0.4 is 10.9 Å². The van der Waals surface area contributed by atoms with E-state index in [0.717, 1.165) is 12.8 Å². The summed E-state index contributed by atoms with van der Waals surface area (Å²) in [5, 5.41) is 0. The molecule has 0 fully saturated rings. The summed E-state index contributed by atoms with van der Waals surface area (Å²) in [4.78, 5) is 0. The highest BCUT2D eigenvalue weighted by molar-refractivity contribution is 6.33. The summed E-state index contributed by atoms with van der Waals surface area (Å²) in [5.74, 6) is 0. The second-order valence-electron chi connectivity index (χ2n) is 5.03. The van der Waals surface area contributed by atoms with Crippen molar-refractivity contribution in [3.63, 3.8) is 0 Å². The Morgan fingerprint density at radius 2 is 1.33 bits per heavy atom. The molecule has 0 N–H and O–H groups in total. The Bertz CT molecular complexity index is 559. The van der Waals surface area contributed by atoms with Gasteiger partial charge in [-0.1, -0.05) is 61.2 Å². The molecule has 0 bridgehead atoms. The van der Waals surface area contributed by atoms with Crippen LogP contribution >= 0.6 is 0 Å². The molecule has 2 rings (SSSR count). The Labute approximate surface area is 112 Å². The molecule has 0 amide bonds. The highest BCUT2D eigenvalue weighted by Gasteiger charge is 2.08. The fraction of sp³-hybridized carbons (Fsp3) is 0.250. The number of benzene rings is 2. The Hall–Kier alpha value is -1.43. The van der Waals surface area contributed by atoms with Gasteiger partial charge in [0.1, 0.15) is 15.7 Å². The zero-order valence-electron chi connectivity index (χ0n) is 11.9. The number of hydrogen-bond acceptors (Lipinski definition) is 0. The first-order valence-corrected chi connectivity index (χ1v) is 6.85. The summed E-state index contributed by atoms with van der Waals surface area (Å²) < 4.78 is 0. The summed E-state index contributed by atoms with van der Waals surface area (Å²) >= 11 is 0. The minimum Gasteiger partial charge on any atom is -0.0887 e. The van der Waals surface area contributed by atoms with Gasteiger partial charge in [0.2, 0.25) is 0 Å². The summed E-state index contributed by atoms with van der Waals surface area (Å²) in [6.07, 6.45) is 2.18. The molecule has 0 spiro atoms. The van der Waals surface area contributed by atoms with Gasteiger partial charge in [0.25, 0.3) is 0 Å². The van der Waals surface area contributed by atoms with Crippen LogP contribution in [0.15, 0.2) is 36.4 Å². The van der Waals surface area contributed by atoms with E-state index < -0.39 is 0 Å². The lowest BCUT2D eigenvalue weighted by molar-refractivity contribution is 1.12. The second-order valence-corrected chi connectivity index (χ2v) is 5.03. The van der Waals surface area contributed by atoms with Gasteiger partial charge in [0.05, 0.1) is 0 Å². The van der Waals surface area contributed by atoms with Gasteiger partial charge in [-0.25, -0.2) is 0 Å². The van der Waals surface area contributed by atoms with E-state index in [4.69, 9.17) is 0 Å². The Morgan fingerprint density at radius 3 is 2.00 bits per heavy atom. The molecule has 0 radical (unpaired) electrons. The molecule has 0 saturated heterocycles. The molecular weight excluding hydrogens is 214 g/mol. The molecule has 0 atom stereocenters. The van der Waals surface area contributed by atoms with Crippen LogP contribution in [-0.4, -0.2) is 15.7 Å². The molecule has 0 nitrogen and oxygen atoms in total. The van der Waals surface area contributed by atoms with Gasteiger partial charge in [-0.2, -0.15) is 0 Å². The molecule has 0 unspecified atom stereocenters. The van der Waals surface area contributed by atoms with E-state index in [0.29, 0.717) is 0 Å². The summed E-state index contributed by atoms with van der Waals surface area (Å²) in [5.41, 5.74) is 8.40. The van der Waals surface area contributed by atoms with Crippen molar-refractivity contribution in [2.45, 2.75) is 26.7 Å². The van der Waals surface area contributed by atoms with Crippen LogP contribution in [0.5, 0.6) is 0 Å². The van der Waals surface area contributed by atoms with Crippen molar-refractivity contribution in [3.05, 3.63) is 47.5 Å². The smallest absolute Gasteiger partial charge is 0.0887 e. The van der Waals surface area contributed by atoms with Crippen molar-refractivity contribution >= 4 is 26.6 Å². The summed E-state index contributed by atoms with van der Waals surface area (Å²) in [6, 6.07) is 13.6. The average molecular weight is 234 g/mol. The fourth-order valence-corrected chi connectivity index (χ4v) is 2.53. The number of rotatable bonds is 3.